The molecular weight excluding hydrogens is 470 g/mol. The van der Waals surface area contributed by atoms with Crippen molar-refractivity contribution in [1.29, 1.82) is 0 Å². The van der Waals surface area contributed by atoms with Crippen LogP contribution in [0.5, 0.6) is 0 Å². The quantitative estimate of drug-likeness (QED) is 0.397. The molecule has 3 aromatic rings. The van der Waals surface area contributed by atoms with Crippen LogP contribution in [0.15, 0.2) is 40.9 Å². The molecule has 0 radical (unpaired) electrons. The fourth-order valence-corrected chi connectivity index (χ4v) is 4.60. The fraction of sp³-hybridized carbons (Fsp3) is 0.364. The van der Waals surface area contributed by atoms with Gasteiger partial charge in [-0.1, -0.05) is 47.2 Å². The molecule has 0 atom stereocenters. The van der Waals surface area contributed by atoms with Crippen LogP contribution < -0.4 is 4.90 Å². The SMILES string of the molecule is CCN(CC)CCN(C(=O)c1ccc(Br)cc1)c1nc2cc(C)cc(C)c2s1.Cl. The second kappa shape index (κ2) is 10.5. The number of carbonyl (C=O) groups is 1. The summed E-state index contributed by atoms with van der Waals surface area (Å²) in [6.07, 6.45) is 0. The number of halogens is 2. The number of thiazole rings is 1. The smallest absolute Gasteiger partial charge is 0.260 e. The van der Waals surface area contributed by atoms with Gasteiger partial charge in [-0.25, -0.2) is 4.98 Å². The molecule has 4 nitrogen and oxygen atoms in total. The van der Waals surface area contributed by atoms with Crippen LogP contribution in [-0.2, 0) is 0 Å². The number of amides is 1. The maximum absolute atomic E-state index is 13.3. The molecular formula is C22H27BrClN3OS. The average Bonchev–Trinajstić information content (AvgIpc) is 3.09. The van der Waals surface area contributed by atoms with Crippen LogP contribution in [0.1, 0.15) is 35.3 Å². The Hall–Kier alpha value is -1.47. The second-order valence-electron chi connectivity index (χ2n) is 6.92. The first-order valence-corrected chi connectivity index (χ1v) is 11.2. The van der Waals surface area contributed by atoms with E-state index in [1.54, 1.807) is 11.3 Å². The van der Waals surface area contributed by atoms with E-state index in [1.807, 2.05) is 29.2 Å². The number of hydrogen-bond donors (Lipinski definition) is 0. The topological polar surface area (TPSA) is 36.4 Å². The summed E-state index contributed by atoms with van der Waals surface area (Å²) in [5, 5.41) is 0.767. The third-order valence-corrected chi connectivity index (χ3v) is 6.67. The monoisotopic (exact) mass is 495 g/mol. The van der Waals surface area contributed by atoms with E-state index in [0.717, 1.165) is 39.5 Å². The summed E-state index contributed by atoms with van der Waals surface area (Å²) in [5.41, 5.74) is 4.04. The molecule has 1 heterocycles. The van der Waals surface area contributed by atoms with Gasteiger partial charge in [0.05, 0.1) is 10.2 Å². The Morgan fingerprint density at radius 2 is 1.72 bits per heavy atom. The van der Waals surface area contributed by atoms with Gasteiger partial charge in [0, 0.05) is 23.1 Å². The standard InChI is InChI=1S/C22H26BrN3OS.ClH/c1-5-25(6-2)11-12-26(21(27)17-7-9-18(23)10-8-17)22-24-19-14-15(3)13-16(4)20(19)28-22;/h7-10,13-14H,5-6,11-12H2,1-4H3;1H. The molecule has 0 bridgehead atoms. The van der Waals surface area contributed by atoms with Crippen LogP contribution in [0.2, 0.25) is 0 Å². The molecule has 0 spiro atoms. The maximum Gasteiger partial charge on any atom is 0.260 e. The Balaban J connectivity index is 0.00000300. The number of hydrogen-bond acceptors (Lipinski definition) is 4. The highest BCUT2D eigenvalue weighted by atomic mass is 79.9. The zero-order chi connectivity index (χ0) is 20.3. The molecule has 1 amide bonds. The van der Waals surface area contributed by atoms with Crippen molar-refractivity contribution in [3.05, 3.63) is 57.6 Å². The Kier molecular flexibility index (Phi) is 8.64. The van der Waals surface area contributed by atoms with Crippen molar-refractivity contribution in [2.24, 2.45) is 0 Å². The zero-order valence-electron chi connectivity index (χ0n) is 17.2. The number of carbonyl (C=O) groups excluding carboxylic acids is 1. The second-order valence-corrected chi connectivity index (χ2v) is 8.81. The lowest BCUT2D eigenvalue weighted by molar-refractivity contribution is 0.0984. The van der Waals surface area contributed by atoms with Crippen molar-refractivity contribution >= 4 is 60.9 Å². The summed E-state index contributed by atoms with van der Waals surface area (Å²) < 4.78 is 2.11. The molecule has 156 valence electrons. The van der Waals surface area contributed by atoms with Crippen LogP contribution in [0.25, 0.3) is 10.2 Å². The largest absolute Gasteiger partial charge is 0.302 e. The maximum atomic E-state index is 13.3. The van der Waals surface area contributed by atoms with E-state index in [-0.39, 0.29) is 18.3 Å². The Morgan fingerprint density at radius 3 is 2.34 bits per heavy atom. The van der Waals surface area contributed by atoms with Gasteiger partial charge in [-0.05, 0) is 68.4 Å². The van der Waals surface area contributed by atoms with E-state index in [1.165, 1.54) is 11.1 Å². The summed E-state index contributed by atoms with van der Waals surface area (Å²) in [6.45, 7) is 11.9. The first kappa shape index (κ1) is 23.8. The van der Waals surface area contributed by atoms with Gasteiger partial charge >= 0.3 is 0 Å². The minimum atomic E-state index is -0.00640. The summed E-state index contributed by atoms with van der Waals surface area (Å²) in [6, 6.07) is 11.8. The molecule has 0 aliphatic carbocycles. The predicted molar refractivity (Wildman–Crippen MR) is 130 cm³/mol. The number of likely N-dealkylation sites (N-methyl/N-ethyl adjacent to an activating group) is 1. The lowest BCUT2D eigenvalue weighted by atomic mass is 10.1. The molecule has 0 fully saturated rings. The van der Waals surface area contributed by atoms with Crippen LogP contribution in [0.4, 0.5) is 5.13 Å². The van der Waals surface area contributed by atoms with E-state index in [9.17, 15) is 4.79 Å². The van der Waals surface area contributed by atoms with E-state index in [4.69, 9.17) is 4.98 Å². The molecule has 0 unspecified atom stereocenters. The molecule has 0 saturated carbocycles. The van der Waals surface area contributed by atoms with E-state index in [2.05, 4.69) is 60.7 Å². The summed E-state index contributed by atoms with van der Waals surface area (Å²) >= 11 is 5.04. The number of fused-ring (bicyclic) bond motifs is 1. The summed E-state index contributed by atoms with van der Waals surface area (Å²) in [7, 11) is 0. The molecule has 1 aromatic heterocycles. The van der Waals surface area contributed by atoms with Crippen molar-refractivity contribution in [3.63, 3.8) is 0 Å². The molecule has 7 heteroatoms. The first-order valence-electron chi connectivity index (χ1n) is 9.60. The summed E-state index contributed by atoms with van der Waals surface area (Å²) in [4.78, 5) is 22.3. The van der Waals surface area contributed by atoms with Gasteiger partial charge in [-0.2, -0.15) is 0 Å². The lowest BCUT2D eigenvalue weighted by Gasteiger charge is -2.24. The van der Waals surface area contributed by atoms with E-state index < -0.39 is 0 Å². The number of aromatic nitrogens is 1. The van der Waals surface area contributed by atoms with Crippen molar-refractivity contribution in [2.45, 2.75) is 27.7 Å². The molecule has 3 rings (SSSR count). The lowest BCUT2D eigenvalue weighted by Crippen LogP contribution is -2.38. The minimum absolute atomic E-state index is 0. The molecule has 29 heavy (non-hydrogen) atoms. The predicted octanol–water partition coefficient (Wildman–Crippen LogP) is 6.09. The molecule has 2 aromatic carbocycles. The van der Waals surface area contributed by atoms with E-state index in [0.29, 0.717) is 12.1 Å². The van der Waals surface area contributed by atoms with Gasteiger partial charge in [-0.3, -0.25) is 9.69 Å². The van der Waals surface area contributed by atoms with Crippen LogP contribution in [0.3, 0.4) is 0 Å². The van der Waals surface area contributed by atoms with Gasteiger partial charge in [0.1, 0.15) is 0 Å². The Morgan fingerprint density at radius 1 is 1.07 bits per heavy atom. The molecule has 0 N–H and O–H groups in total. The van der Waals surface area contributed by atoms with Crippen molar-refractivity contribution in [2.75, 3.05) is 31.1 Å². The summed E-state index contributed by atoms with van der Waals surface area (Å²) in [5.74, 6) is -0.00640. The number of nitrogens with zero attached hydrogens (tertiary/aromatic N) is 3. The van der Waals surface area contributed by atoms with Gasteiger partial charge in [0.25, 0.3) is 5.91 Å². The highest BCUT2D eigenvalue weighted by Gasteiger charge is 2.22. The van der Waals surface area contributed by atoms with Gasteiger partial charge in [0.2, 0.25) is 0 Å². The van der Waals surface area contributed by atoms with Crippen molar-refractivity contribution < 1.29 is 4.79 Å². The van der Waals surface area contributed by atoms with Crippen molar-refractivity contribution in [1.82, 2.24) is 9.88 Å². The number of rotatable bonds is 7. The van der Waals surface area contributed by atoms with Gasteiger partial charge in [-0.15, -0.1) is 12.4 Å². The Bertz CT molecular complexity index is 970. The zero-order valence-corrected chi connectivity index (χ0v) is 20.5. The van der Waals surface area contributed by atoms with Crippen LogP contribution >= 0.6 is 39.7 Å². The van der Waals surface area contributed by atoms with Gasteiger partial charge < -0.3 is 4.90 Å². The molecule has 0 aliphatic heterocycles. The molecule has 0 saturated heterocycles. The van der Waals surface area contributed by atoms with Gasteiger partial charge in [0.15, 0.2) is 5.13 Å². The first-order chi connectivity index (χ1) is 13.4. The van der Waals surface area contributed by atoms with Crippen LogP contribution in [0, 0.1) is 13.8 Å². The fourth-order valence-electron chi connectivity index (χ4n) is 3.29. The average molecular weight is 497 g/mol. The third-order valence-electron chi connectivity index (χ3n) is 4.91. The Labute approximate surface area is 191 Å². The normalized spacial score (nSPS) is 11.0. The highest BCUT2D eigenvalue weighted by molar-refractivity contribution is 9.10. The number of benzene rings is 2. The minimum Gasteiger partial charge on any atom is -0.302 e. The van der Waals surface area contributed by atoms with E-state index >= 15 is 0 Å². The number of aryl methyl sites for hydroxylation is 2. The number of anilines is 1. The third kappa shape index (κ3) is 5.57. The van der Waals surface area contributed by atoms with Crippen LogP contribution in [-0.4, -0.2) is 42.0 Å². The molecule has 0 aliphatic rings. The van der Waals surface area contributed by atoms with Crippen molar-refractivity contribution in [3.8, 4) is 0 Å². The highest BCUT2D eigenvalue weighted by Crippen LogP contribution is 2.32.